The highest BCUT2D eigenvalue weighted by Crippen LogP contribution is 2.35. The molecule has 0 unspecified atom stereocenters. The Hall–Kier alpha value is -0.170. The first-order valence-corrected chi connectivity index (χ1v) is 7.48. The zero-order chi connectivity index (χ0) is 11.6. The summed E-state index contributed by atoms with van der Waals surface area (Å²) in [5.74, 6) is -0.268. The lowest BCUT2D eigenvalue weighted by atomic mass is 9.91. The number of hydrogen-bond donors (Lipinski definition) is 1. The Morgan fingerprint density at radius 2 is 1.81 bits per heavy atom. The fraction of sp³-hybridized carbons (Fsp3) is 1.00. The summed E-state index contributed by atoms with van der Waals surface area (Å²) in [5, 5.41) is 0. The standard InChI is InChI=1S/C10H19NO4S/c1-2-16(12,13)11-9-3-5-10(6-4-9)14-7-8-15-10/h9,11H,2-8H2,1H3. The molecule has 2 aliphatic rings. The van der Waals surface area contributed by atoms with Gasteiger partial charge in [-0.25, -0.2) is 13.1 Å². The molecular weight excluding hydrogens is 230 g/mol. The molecule has 1 saturated carbocycles. The van der Waals surface area contributed by atoms with Gasteiger partial charge in [0.15, 0.2) is 5.79 Å². The topological polar surface area (TPSA) is 64.6 Å². The lowest BCUT2D eigenvalue weighted by Crippen LogP contribution is -2.44. The Morgan fingerprint density at radius 1 is 1.25 bits per heavy atom. The van der Waals surface area contributed by atoms with Crippen molar-refractivity contribution in [3.63, 3.8) is 0 Å². The molecule has 0 aromatic carbocycles. The number of nitrogens with one attached hydrogen (secondary N) is 1. The van der Waals surface area contributed by atoms with Gasteiger partial charge in [-0.1, -0.05) is 0 Å². The van der Waals surface area contributed by atoms with E-state index in [0.717, 1.165) is 25.7 Å². The third-order valence-corrected chi connectivity index (χ3v) is 4.74. The van der Waals surface area contributed by atoms with Gasteiger partial charge in [-0.2, -0.15) is 0 Å². The first-order valence-electron chi connectivity index (χ1n) is 5.83. The van der Waals surface area contributed by atoms with E-state index in [-0.39, 0.29) is 11.8 Å². The first kappa shape index (κ1) is 12.3. The van der Waals surface area contributed by atoms with E-state index in [2.05, 4.69) is 4.72 Å². The second kappa shape index (κ2) is 4.60. The molecule has 16 heavy (non-hydrogen) atoms. The van der Waals surface area contributed by atoms with Crippen molar-refractivity contribution in [3.05, 3.63) is 0 Å². The van der Waals surface area contributed by atoms with E-state index >= 15 is 0 Å². The maximum atomic E-state index is 11.4. The van der Waals surface area contributed by atoms with Gasteiger partial charge in [-0.15, -0.1) is 0 Å². The van der Waals surface area contributed by atoms with Crippen molar-refractivity contribution in [2.24, 2.45) is 0 Å². The van der Waals surface area contributed by atoms with E-state index < -0.39 is 15.8 Å². The predicted molar refractivity (Wildman–Crippen MR) is 59.5 cm³/mol. The van der Waals surface area contributed by atoms with Crippen LogP contribution in [0.4, 0.5) is 0 Å². The number of rotatable bonds is 3. The van der Waals surface area contributed by atoms with Crippen LogP contribution in [0.1, 0.15) is 32.6 Å². The van der Waals surface area contributed by atoms with Crippen molar-refractivity contribution in [2.45, 2.75) is 44.4 Å². The van der Waals surface area contributed by atoms with Gasteiger partial charge in [0.1, 0.15) is 0 Å². The Labute approximate surface area is 96.5 Å². The molecule has 1 aliphatic heterocycles. The first-order chi connectivity index (χ1) is 7.55. The Bertz CT molecular complexity index is 325. The summed E-state index contributed by atoms with van der Waals surface area (Å²) in [6, 6.07) is 0.0448. The fourth-order valence-electron chi connectivity index (χ4n) is 2.30. The molecule has 2 fully saturated rings. The second-order valence-electron chi connectivity index (χ2n) is 4.40. The second-order valence-corrected chi connectivity index (χ2v) is 6.45. The zero-order valence-corrected chi connectivity index (χ0v) is 10.4. The van der Waals surface area contributed by atoms with Crippen LogP contribution in [-0.2, 0) is 19.5 Å². The summed E-state index contributed by atoms with van der Waals surface area (Å²) in [6.07, 6.45) is 3.15. The van der Waals surface area contributed by atoms with Gasteiger partial charge in [0.25, 0.3) is 0 Å². The molecule has 5 nitrogen and oxygen atoms in total. The van der Waals surface area contributed by atoms with Crippen LogP contribution in [0.15, 0.2) is 0 Å². The molecule has 0 amide bonds. The van der Waals surface area contributed by atoms with Crippen molar-refractivity contribution in [1.82, 2.24) is 4.72 Å². The Balaban J connectivity index is 1.85. The van der Waals surface area contributed by atoms with Crippen molar-refractivity contribution in [1.29, 1.82) is 0 Å². The molecule has 1 N–H and O–H groups in total. The summed E-state index contributed by atoms with van der Waals surface area (Å²) in [6.45, 7) is 2.96. The number of sulfonamides is 1. The van der Waals surface area contributed by atoms with Crippen LogP contribution in [0.5, 0.6) is 0 Å². The molecule has 0 atom stereocenters. The van der Waals surface area contributed by atoms with Crippen molar-refractivity contribution in [2.75, 3.05) is 19.0 Å². The van der Waals surface area contributed by atoms with Gasteiger partial charge in [0.05, 0.1) is 19.0 Å². The Morgan fingerprint density at radius 3 is 2.31 bits per heavy atom. The lowest BCUT2D eigenvalue weighted by molar-refractivity contribution is -0.178. The normalized spacial score (nSPS) is 26.3. The monoisotopic (exact) mass is 249 g/mol. The molecule has 1 spiro atoms. The minimum Gasteiger partial charge on any atom is -0.348 e. The average Bonchev–Trinajstić information content (AvgIpc) is 2.71. The van der Waals surface area contributed by atoms with Crippen molar-refractivity contribution in [3.8, 4) is 0 Å². The lowest BCUT2D eigenvalue weighted by Gasteiger charge is -2.35. The van der Waals surface area contributed by atoms with E-state index in [1.54, 1.807) is 6.92 Å². The molecule has 0 radical (unpaired) electrons. The van der Waals surface area contributed by atoms with E-state index in [9.17, 15) is 8.42 Å². The van der Waals surface area contributed by atoms with Gasteiger partial charge >= 0.3 is 0 Å². The molecule has 0 aromatic rings. The smallest absolute Gasteiger partial charge is 0.211 e. The summed E-state index contributed by atoms with van der Waals surface area (Å²) < 4.78 is 36.7. The summed E-state index contributed by atoms with van der Waals surface area (Å²) in [7, 11) is -3.09. The SMILES string of the molecule is CCS(=O)(=O)NC1CCC2(CC1)OCCO2. The highest BCUT2D eigenvalue weighted by atomic mass is 32.2. The van der Waals surface area contributed by atoms with Crippen LogP contribution in [0, 0.1) is 0 Å². The molecule has 94 valence electrons. The van der Waals surface area contributed by atoms with E-state index in [1.165, 1.54) is 0 Å². The molecule has 6 heteroatoms. The molecule has 1 heterocycles. The van der Waals surface area contributed by atoms with Gasteiger partial charge in [0, 0.05) is 18.9 Å². The van der Waals surface area contributed by atoms with Crippen molar-refractivity contribution < 1.29 is 17.9 Å². The van der Waals surface area contributed by atoms with Gasteiger partial charge in [-0.3, -0.25) is 0 Å². The summed E-state index contributed by atoms with van der Waals surface area (Å²) in [5.41, 5.74) is 0. The highest BCUT2D eigenvalue weighted by molar-refractivity contribution is 7.89. The number of ether oxygens (including phenoxy) is 2. The molecule has 2 rings (SSSR count). The maximum absolute atomic E-state index is 11.4. The zero-order valence-electron chi connectivity index (χ0n) is 9.57. The average molecular weight is 249 g/mol. The van der Waals surface area contributed by atoms with Crippen LogP contribution in [0.3, 0.4) is 0 Å². The molecule has 0 aromatic heterocycles. The van der Waals surface area contributed by atoms with E-state index in [0.29, 0.717) is 13.2 Å². The Kier molecular flexibility index (Phi) is 3.53. The van der Waals surface area contributed by atoms with Gasteiger partial charge < -0.3 is 9.47 Å². The number of hydrogen-bond acceptors (Lipinski definition) is 4. The fourth-order valence-corrected chi connectivity index (χ4v) is 3.21. The van der Waals surface area contributed by atoms with Crippen LogP contribution >= 0.6 is 0 Å². The van der Waals surface area contributed by atoms with Crippen LogP contribution < -0.4 is 4.72 Å². The van der Waals surface area contributed by atoms with Crippen LogP contribution in [0.2, 0.25) is 0 Å². The molecule has 1 aliphatic carbocycles. The molecular formula is C10H19NO4S. The van der Waals surface area contributed by atoms with Crippen molar-refractivity contribution >= 4 is 10.0 Å². The predicted octanol–water partition coefficient (Wildman–Crippen LogP) is 0.611. The molecule has 0 bridgehead atoms. The summed E-state index contributed by atoms with van der Waals surface area (Å²) in [4.78, 5) is 0. The van der Waals surface area contributed by atoms with Crippen LogP contribution in [-0.4, -0.2) is 39.2 Å². The third-order valence-electron chi connectivity index (χ3n) is 3.29. The minimum atomic E-state index is -3.09. The molecule has 1 saturated heterocycles. The minimum absolute atomic E-state index is 0.0448. The van der Waals surface area contributed by atoms with Gasteiger partial charge in [0.2, 0.25) is 10.0 Å². The quantitative estimate of drug-likeness (QED) is 0.796. The highest BCUT2D eigenvalue weighted by Gasteiger charge is 2.40. The largest absolute Gasteiger partial charge is 0.348 e. The maximum Gasteiger partial charge on any atom is 0.211 e. The van der Waals surface area contributed by atoms with Gasteiger partial charge in [-0.05, 0) is 19.8 Å². The van der Waals surface area contributed by atoms with E-state index in [4.69, 9.17) is 9.47 Å². The third kappa shape index (κ3) is 2.74. The van der Waals surface area contributed by atoms with E-state index in [1.807, 2.05) is 0 Å². The summed E-state index contributed by atoms with van der Waals surface area (Å²) >= 11 is 0. The van der Waals surface area contributed by atoms with Crippen LogP contribution in [0.25, 0.3) is 0 Å².